The molecule has 1 aliphatic rings. The Morgan fingerprint density at radius 1 is 1.12 bits per heavy atom. The summed E-state index contributed by atoms with van der Waals surface area (Å²) in [7, 11) is -3.79. The number of carbonyl (C=O) groups is 1. The lowest BCUT2D eigenvalue weighted by atomic mass is 10.3. The molecule has 0 aliphatic carbocycles. The Labute approximate surface area is 149 Å². The molecule has 0 unspecified atom stereocenters. The van der Waals surface area contributed by atoms with E-state index in [1.807, 2.05) is 0 Å². The van der Waals surface area contributed by atoms with Gasteiger partial charge in [-0.1, -0.05) is 17.7 Å². The lowest BCUT2D eigenvalue weighted by Crippen LogP contribution is -2.50. The maximum Gasteiger partial charge on any atom is 0.272 e. The van der Waals surface area contributed by atoms with Gasteiger partial charge in [-0.15, -0.1) is 0 Å². The van der Waals surface area contributed by atoms with Crippen molar-refractivity contribution in [3.63, 3.8) is 0 Å². The number of pyridine rings is 1. The van der Waals surface area contributed by atoms with Gasteiger partial charge in [-0.2, -0.15) is 4.31 Å². The highest BCUT2D eigenvalue weighted by molar-refractivity contribution is 7.89. The molecular formula is C16H15ClFN3O3S. The minimum atomic E-state index is -3.79. The van der Waals surface area contributed by atoms with Crippen LogP contribution in [0.15, 0.2) is 47.5 Å². The summed E-state index contributed by atoms with van der Waals surface area (Å²) in [4.78, 5) is 17.9. The van der Waals surface area contributed by atoms with Gasteiger partial charge in [0.2, 0.25) is 10.0 Å². The van der Waals surface area contributed by atoms with Crippen LogP contribution in [0.25, 0.3) is 0 Å². The molecular weight excluding hydrogens is 369 g/mol. The van der Waals surface area contributed by atoms with Crippen LogP contribution in [0.4, 0.5) is 4.39 Å². The van der Waals surface area contributed by atoms with Crippen molar-refractivity contribution in [2.75, 3.05) is 26.2 Å². The molecule has 2 aromatic rings. The van der Waals surface area contributed by atoms with E-state index in [1.165, 1.54) is 16.6 Å². The lowest BCUT2D eigenvalue weighted by Gasteiger charge is -2.33. The largest absolute Gasteiger partial charge is 0.335 e. The van der Waals surface area contributed by atoms with E-state index >= 15 is 0 Å². The lowest BCUT2D eigenvalue weighted by molar-refractivity contribution is 0.0692. The van der Waals surface area contributed by atoms with Crippen LogP contribution in [0, 0.1) is 5.82 Å². The highest BCUT2D eigenvalue weighted by Gasteiger charge is 2.31. The molecule has 1 amide bonds. The Kier molecular flexibility index (Phi) is 5.03. The highest BCUT2D eigenvalue weighted by atomic mass is 35.5. The molecule has 1 fully saturated rings. The number of hydrogen-bond donors (Lipinski definition) is 0. The Morgan fingerprint density at radius 2 is 1.84 bits per heavy atom. The number of sulfonamides is 1. The molecule has 1 saturated heterocycles. The number of hydrogen-bond acceptors (Lipinski definition) is 4. The van der Waals surface area contributed by atoms with E-state index in [-0.39, 0.29) is 42.0 Å². The number of benzene rings is 1. The number of rotatable bonds is 3. The van der Waals surface area contributed by atoms with Crippen molar-refractivity contribution in [1.82, 2.24) is 14.2 Å². The average molecular weight is 384 g/mol. The van der Waals surface area contributed by atoms with Crippen molar-refractivity contribution < 1.29 is 17.6 Å². The van der Waals surface area contributed by atoms with Gasteiger partial charge in [0.25, 0.3) is 5.91 Å². The molecule has 3 rings (SSSR count). The van der Waals surface area contributed by atoms with E-state index in [1.54, 1.807) is 23.1 Å². The normalized spacial score (nSPS) is 16.0. The fourth-order valence-corrected chi connectivity index (χ4v) is 4.26. The number of amides is 1. The van der Waals surface area contributed by atoms with Gasteiger partial charge in [-0.05, 0) is 30.3 Å². The van der Waals surface area contributed by atoms with Gasteiger partial charge in [0.15, 0.2) is 0 Å². The average Bonchev–Trinajstić information content (AvgIpc) is 2.64. The van der Waals surface area contributed by atoms with Crippen molar-refractivity contribution >= 4 is 27.5 Å². The fraction of sp³-hybridized carbons (Fsp3) is 0.250. The smallest absolute Gasteiger partial charge is 0.272 e. The Morgan fingerprint density at radius 3 is 2.44 bits per heavy atom. The Hall–Kier alpha value is -2.03. The van der Waals surface area contributed by atoms with Crippen molar-refractivity contribution in [3.05, 3.63) is 59.1 Å². The molecule has 0 N–H and O–H groups in total. The van der Waals surface area contributed by atoms with Crippen LogP contribution in [0.2, 0.25) is 5.02 Å². The third-order valence-electron chi connectivity index (χ3n) is 3.94. The minimum Gasteiger partial charge on any atom is -0.335 e. The first-order valence-electron chi connectivity index (χ1n) is 7.55. The van der Waals surface area contributed by atoms with E-state index in [0.29, 0.717) is 5.69 Å². The van der Waals surface area contributed by atoms with Gasteiger partial charge in [0.05, 0.1) is 9.92 Å². The fourth-order valence-electron chi connectivity index (χ4n) is 2.57. The second-order valence-corrected chi connectivity index (χ2v) is 7.83. The van der Waals surface area contributed by atoms with Crippen LogP contribution >= 0.6 is 11.6 Å². The van der Waals surface area contributed by atoms with Gasteiger partial charge in [0.1, 0.15) is 11.5 Å². The minimum absolute atomic E-state index is 0.0663. The van der Waals surface area contributed by atoms with Crippen LogP contribution < -0.4 is 0 Å². The van der Waals surface area contributed by atoms with Gasteiger partial charge < -0.3 is 4.90 Å². The van der Waals surface area contributed by atoms with Crippen molar-refractivity contribution in [3.8, 4) is 0 Å². The molecule has 2 heterocycles. The quantitative estimate of drug-likeness (QED) is 0.813. The topological polar surface area (TPSA) is 70.6 Å². The van der Waals surface area contributed by atoms with E-state index in [9.17, 15) is 17.6 Å². The molecule has 25 heavy (non-hydrogen) atoms. The summed E-state index contributed by atoms with van der Waals surface area (Å²) in [5.41, 5.74) is 0.323. The maximum absolute atomic E-state index is 13.2. The first-order valence-corrected chi connectivity index (χ1v) is 9.37. The summed E-state index contributed by atoms with van der Waals surface area (Å²) in [5.74, 6) is -0.908. The molecule has 0 bridgehead atoms. The van der Waals surface area contributed by atoms with E-state index in [0.717, 1.165) is 12.1 Å². The first kappa shape index (κ1) is 17.8. The van der Waals surface area contributed by atoms with Crippen LogP contribution in [0.1, 0.15) is 10.5 Å². The summed E-state index contributed by atoms with van der Waals surface area (Å²) < 4.78 is 39.8. The Balaban J connectivity index is 1.71. The molecule has 132 valence electrons. The van der Waals surface area contributed by atoms with E-state index < -0.39 is 15.8 Å². The molecule has 0 atom stereocenters. The number of nitrogens with zero attached hydrogens (tertiary/aromatic N) is 3. The van der Waals surface area contributed by atoms with Gasteiger partial charge >= 0.3 is 0 Å². The van der Waals surface area contributed by atoms with Gasteiger partial charge in [0, 0.05) is 32.4 Å². The molecule has 0 radical (unpaired) electrons. The monoisotopic (exact) mass is 383 g/mol. The Bertz CT molecular complexity index is 885. The van der Waals surface area contributed by atoms with Crippen LogP contribution in [0.3, 0.4) is 0 Å². The second-order valence-electron chi connectivity index (χ2n) is 5.49. The van der Waals surface area contributed by atoms with Crippen LogP contribution in [-0.4, -0.2) is 54.7 Å². The zero-order valence-corrected chi connectivity index (χ0v) is 14.7. The molecule has 6 nitrogen and oxygen atoms in total. The van der Waals surface area contributed by atoms with Gasteiger partial charge in [-0.25, -0.2) is 12.8 Å². The molecule has 9 heteroatoms. The molecule has 0 spiro atoms. The SMILES string of the molecule is O=C(c1ccccn1)N1CCN(S(=O)(=O)c2ccc(F)c(Cl)c2)CC1. The van der Waals surface area contributed by atoms with Crippen LogP contribution in [-0.2, 0) is 10.0 Å². The summed E-state index contributed by atoms with van der Waals surface area (Å²) in [6.45, 7) is 0.804. The highest BCUT2D eigenvalue weighted by Crippen LogP contribution is 2.23. The molecule has 1 aromatic carbocycles. The third kappa shape index (κ3) is 3.65. The van der Waals surface area contributed by atoms with Crippen LogP contribution in [0.5, 0.6) is 0 Å². The predicted molar refractivity (Wildman–Crippen MR) is 90.3 cm³/mol. The first-order chi connectivity index (χ1) is 11.9. The molecule has 0 saturated carbocycles. The zero-order chi connectivity index (χ0) is 18.0. The summed E-state index contributed by atoms with van der Waals surface area (Å²) in [6, 6.07) is 8.36. The van der Waals surface area contributed by atoms with Crippen molar-refractivity contribution in [2.24, 2.45) is 0 Å². The number of aromatic nitrogens is 1. The number of piperazine rings is 1. The zero-order valence-electron chi connectivity index (χ0n) is 13.1. The summed E-state index contributed by atoms with van der Waals surface area (Å²) in [5, 5.41) is -0.245. The van der Waals surface area contributed by atoms with Gasteiger partial charge in [-0.3, -0.25) is 9.78 Å². The standard InChI is InChI=1S/C16H15ClFN3O3S/c17-13-11-12(4-5-14(13)18)25(23,24)21-9-7-20(8-10-21)16(22)15-3-1-2-6-19-15/h1-6,11H,7-10H2. The van der Waals surface area contributed by atoms with Crippen molar-refractivity contribution in [1.29, 1.82) is 0 Å². The molecule has 1 aliphatic heterocycles. The summed E-state index contributed by atoms with van der Waals surface area (Å²) in [6.07, 6.45) is 1.53. The van der Waals surface area contributed by atoms with Crippen molar-refractivity contribution in [2.45, 2.75) is 4.90 Å². The van der Waals surface area contributed by atoms with E-state index in [4.69, 9.17) is 11.6 Å². The summed E-state index contributed by atoms with van der Waals surface area (Å²) >= 11 is 5.67. The second kappa shape index (κ2) is 7.07. The van der Waals surface area contributed by atoms with E-state index in [2.05, 4.69) is 4.98 Å². The molecule has 1 aromatic heterocycles. The predicted octanol–water partition coefficient (Wildman–Crippen LogP) is 2.02. The third-order valence-corrected chi connectivity index (χ3v) is 6.12. The number of carbonyl (C=O) groups excluding carboxylic acids is 1. The number of halogens is 2. The maximum atomic E-state index is 13.2.